The third-order valence-electron chi connectivity index (χ3n) is 4.80. The van der Waals surface area contributed by atoms with Gasteiger partial charge in [0.25, 0.3) is 0 Å². The highest BCUT2D eigenvalue weighted by atomic mass is 19.3. The zero-order valence-electron chi connectivity index (χ0n) is 15.5. The molecule has 1 saturated heterocycles. The van der Waals surface area contributed by atoms with Gasteiger partial charge in [-0.1, -0.05) is 0 Å². The van der Waals surface area contributed by atoms with Gasteiger partial charge in [0.05, 0.1) is 6.04 Å². The molecule has 1 amide bonds. The summed E-state index contributed by atoms with van der Waals surface area (Å²) in [4.78, 5) is 16.8. The standard InChI is InChI=1S/C20H23F2N3O3/c1-14(19(27)23-15-2-8-18(9-3-15)28-20(21)22)24-10-12-25(13-11-24)16-4-6-17(26)7-5-16/h2-9,14,20,26H,10-13H2,1H3,(H,23,27). The normalized spacial score (nSPS) is 16.1. The fourth-order valence-corrected chi connectivity index (χ4v) is 3.16. The Morgan fingerprint density at radius 1 is 1.04 bits per heavy atom. The van der Waals surface area contributed by atoms with Crippen LogP contribution in [-0.4, -0.2) is 54.7 Å². The topological polar surface area (TPSA) is 65.0 Å². The molecule has 28 heavy (non-hydrogen) atoms. The number of alkyl halides is 2. The number of carbonyl (C=O) groups excluding carboxylic acids is 1. The number of carbonyl (C=O) groups is 1. The van der Waals surface area contributed by atoms with Crippen molar-refractivity contribution in [1.29, 1.82) is 0 Å². The molecule has 2 aromatic carbocycles. The number of ether oxygens (including phenoxy) is 1. The summed E-state index contributed by atoms with van der Waals surface area (Å²) in [5.41, 5.74) is 1.57. The minimum absolute atomic E-state index is 0.0476. The predicted molar refractivity (Wildman–Crippen MR) is 103 cm³/mol. The lowest BCUT2D eigenvalue weighted by molar-refractivity contribution is -0.120. The predicted octanol–water partition coefficient (Wildman–Crippen LogP) is 3.14. The summed E-state index contributed by atoms with van der Waals surface area (Å²) < 4.78 is 28.7. The van der Waals surface area contributed by atoms with E-state index in [-0.39, 0.29) is 23.4 Å². The van der Waals surface area contributed by atoms with Gasteiger partial charge < -0.3 is 20.1 Å². The fourth-order valence-electron chi connectivity index (χ4n) is 3.16. The minimum atomic E-state index is -2.87. The Morgan fingerprint density at radius 2 is 1.64 bits per heavy atom. The van der Waals surface area contributed by atoms with Gasteiger partial charge in [-0.2, -0.15) is 8.78 Å². The monoisotopic (exact) mass is 391 g/mol. The second kappa shape index (κ2) is 8.88. The Morgan fingerprint density at radius 3 is 2.21 bits per heavy atom. The van der Waals surface area contributed by atoms with Crippen molar-refractivity contribution in [1.82, 2.24) is 4.90 Å². The Balaban J connectivity index is 1.50. The van der Waals surface area contributed by atoms with Crippen molar-refractivity contribution in [3.8, 4) is 11.5 Å². The van der Waals surface area contributed by atoms with Gasteiger partial charge in [-0.05, 0) is 55.5 Å². The Labute approximate surface area is 162 Å². The molecule has 0 aromatic heterocycles. The Bertz CT molecular complexity index is 776. The summed E-state index contributed by atoms with van der Waals surface area (Å²) in [6.45, 7) is 2.00. The van der Waals surface area contributed by atoms with Gasteiger partial charge in [0.1, 0.15) is 11.5 Å². The molecule has 1 fully saturated rings. The second-order valence-corrected chi connectivity index (χ2v) is 6.61. The molecular formula is C20H23F2N3O3. The summed E-state index contributed by atoms with van der Waals surface area (Å²) in [5, 5.41) is 12.2. The highest BCUT2D eigenvalue weighted by Crippen LogP contribution is 2.21. The number of piperazine rings is 1. The number of nitrogens with zero attached hydrogens (tertiary/aromatic N) is 2. The first-order valence-electron chi connectivity index (χ1n) is 9.06. The molecular weight excluding hydrogens is 368 g/mol. The lowest BCUT2D eigenvalue weighted by atomic mass is 10.2. The van der Waals surface area contributed by atoms with Crippen LogP contribution in [0.15, 0.2) is 48.5 Å². The lowest BCUT2D eigenvalue weighted by Gasteiger charge is -2.38. The van der Waals surface area contributed by atoms with Crippen molar-refractivity contribution in [3.05, 3.63) is 48.5 Å². The van der Waals surface area contributed by atoms with Crippen LogP contribution in [0.4, 0.5) is 20.2 Å². The number of benzene rings is 2. The molecule has 0 radical (unpaired) electrons. The molecule has 1 unspecified atom stereocenters. The first-order chi connectivity index (χ1) is 13.4. The zero-order valence-corrected chi connectivity index (χ0v) is 15.5. The van der Waals surface area contributed by atoms with E-state index in [2.05, 4.69) is 19.9 Å². The van der Waals surface area contributed by atoms with Gasteiger partial charge >= 0.3 is 6.61 Å². The quantitative estimate of drug-likeness (QED) is 0.792. The number of hydrogen-bond donors (Lipinski definition) is 2. The van der Waals surface area contributed by atoms with Crippen molar-refractivity contribution in [2.75, 3.05) is 36.4 Å². The summed E-state index contributed by atoms with van der Waals surface area (Å²) >= 11 is 0. The fraction of sp³-hybridized carbons (Fsp3) is 0.350. The van der Waals surface area contributed by atoms with Crippen molar-refractivity contribution in [2.24, 2.45) is 0 Å². The summed E-state index contributed by atoms with van der Waals surface area (Å²) in [6.07, 6.45) is 0. The third kappa shape index (κ3) is 5.10. The molecule has 1 atom stereocenters. The molecule has 0 saturated carbocycles. The summed E-state index contributed by atoms with van der Waals surface area (Å²) in [7, 11) is 0. The molecule has 1 heterocycles. The van der Waals surface area contributed by atoms with Gasteiger partial charge in [-0.15, -0.1) is 0 Å². The Hall–Kier alpha value is -2.87. The number of phenolic OH excluding ortho intramolecular Hbond substituents is 1. The number of amides is 1. The van der Waals surface area contributed by atoms with Gasteiger partial charge in [-0.25, -0.2) is 0 Å². The average molecular weight is 391 g/mol. The molecule has 2 N–H and O–H groups in total. The highest BCUT2D eigenvalue weighted by molar-refractivity contribution is 5.94. The summed E-state index contributed by atoms with van der Waals surface area (Å²) in [5.74, 6) is 0.133. The van der Waals surface area contributed by atoms with E-state index in [9.17, 15) is 18.7 Å². The minimum Gasteiger partial charge on any atom is -0.508 e. The first-order valence-corrected chi connectivity index (χ1v) is 9.06. The van der Waals surface area contributed by atoms with Crippen LogP contribution in [0.1, 0.15) is 6.92 Å². The van der Waals surface area contributed by atoms with Crippen LogP contribution in [0.3, 0.4) is 0 Å². The molecule has 0 aliphatic carbocycles. The zero-order chi connectivity index (χ0) is 20.1. The lowest BCUT2D eigenvalue weighted by Crippen LogP contribution is -2.52. The SMILES string of the molecule is CC(C(=O)Nc1ccc(OC(F)F)cc1)N1CCN(c2ccc(O)cc2)CC1. The van der Waals surface area contributed by atoms with Crippen LogP contribution in [0.5, 0.6) is 11.5 Å². The molecule has 0 spiro atoms. The number of hydrogen-bond acceptors (Lipinski definition) is 5. The number of aromatic hydroxyl groups is 1. The molecule has 0 bridgehead atoms. The number of phenols is 1. The second-order valence-electron chi connectivity index (χ2n) is 6.61. The van der Waals surface area contributed by atoms with Gasteiger partial charge in [0.15, 0.2) is 0 Å². The van der Waals surface area contributed by atoms with Crippen LogP contribution in [-0.2, 0) is 4.79 Å². The van der Waals surface area contributed by atoms with Crippen LogP contribution in [0, 0.1) is 0 Å². The van der Waals surface area contributed by atoms with Crippen molar-refractivity contribution in [3.63, 3.8) is 0 Å². The molecule has 8 heteroatoms. The number of anilines is 2. The maximum atomic E-state index is 12.5. The van der Waals surface area contributed by atoms with Gasteiger partial charge in [0.2, 0.25) is 5.91 Å². The average Bonchev–Trinajstić information content (AvgIpc) is 2.69. The van der Waals surface area contributed by atoms with Crippen LogP contribution in [0.25, 0.3) is 0 Å². The smallest absolute Gasteiger partial charge is 0.387 e. The molecule has 3 rings (SSSR count). The third-order valence-corrected chi connectivity index (χ3v) is 4.80. The first kappa shape index (κ1) is 19.9. The maximum Gasteiger partial charge on any atom is 0.387 e. The van der Waals surface area contributed by atoms with Crippen LogP contribution >= 0.6 is 0 Å². The molecule has 1 aliphatic rings. The summed E-state index contributed by atoms with van der Waals surface area (Å²) in [6, 6.07) is 12.6. The van der Waals surface area contributed by atoms with Gasteiger partial charge in [-0.3, -0.25) is 9.69 Å². The molecule has 1 aliphatic heterocycles. The van der Waals surface area contributed by atoms with E-state index in [1.807, 2.05) is 19.1 Å². The number of rotatable bonds is 6. The van der Waals surface area contributed by atoms with E-state index in [1.54, 1.807) is 12.1 Å². The Kier molecular flexibility index (Phi) is 6.30. The van der Waals surface area contributed by atoms with E-state index in [0.29, 0.717) is 5.69 Å². The van der Waals surface area contributed by atoms with E-state index in [4.69, 9.17) is 0 Å². The van der Waals surface area contributed by atoms with E-state index >= 15 is 0 Å². The van der Waals surface area contributed by atoms with Gasteiger partial charge in [0, 0.05) is 37.6 Å². The number of nitrogens with one attached hydrogen (secondary N) is 1. The van der Waals surface area contributed by atoms with Crippen LogP contribution < -0.4 is 15.0 Å². The molecule has 2 aromatic rings. The van der Waals surface area contributed by atoms with E-state index in [1.165, 1.54) is 24.3 Å². The van der Waals surface area contributed by atoms with E-state index < -0.39 is 6.61 Å². The van der Waals surface area contributed by atoms with E-state index in [0.717, 1.165) is 31.9 Å². The number of halogens is 2. The van der Waals surface area contributed by atoms with Crippen molar-refractivity contribution in [2.45, 2.75) is 19.6 Å². The molecule has 150 valence electrons. The van der Waals surface area contributed by atoms with Crippen molar-refractivity contribution < 1.29 is 23.4 Å². The largest absolute Gasteiger partial charge is 0.508 e. The highest BCUT2D eigenvalue weighted by Gasteiger charge is 2.25. The van der Waals surface area contributed by atoms with Crippen LogP contribution in [0.2, 0.25) is 0 Å². The van der Waals surface area contributed by atoms with Crippen molar-refractivity contribution >= 4 is 17.3 Å². The molecule has 6 nitrogen and oxygen atoms in total. The maximum absolute atomic E-state index is 12.5.